The van der Waals surface area contributed by atoms with Crippen molar-refractivity contribution in [2.75, 3.05) is 13.1 Å². The van der Waals surface area contributed by atoms with E-state index in [-0.39, 0.29) is 6.54 Å². The number of piperidine rings is 1. The van der Waals surface area contributed by atoms with Gasteiger partial charge in [-0.1, -0.05) is 0 Å². The third-order valence-electron chi connectivity index (χ3n) is 3.39. The number of likely N-dealkylation sites (tertiary alicyclic amines) is 1. The molecule has 1 saturated carbocycles. The van der Waals surface area contributed by atoms with Crippen molar-refractivity contribution in [2.45, 2.75) is 25.3 Å². The lowest BCUT2D eigenvalue weighted by molar-refractivity contribution is 0.231. The van der Waals surface area contributed by atoms with Crippen LogP contribution in [0.4, 0.5) is 12.9 Å². The zero-order valence-corrected chi connectivity index (χ0v) is 8.06. The van der Waals surface area contributed by atoms with Gasteiger partial charge in [0.1, 0.15) is 0 Å². The molecule has 0 N–H and O–H groups in total. The van der Waals surface area contributed by atoms with Crippen LogP contribution in [0.15, 0.2) is 12.1 Å². The summed E-state index contributed by atoms with van der Waals surface area (Å²) in [6, 6.07) is 0.398. The van der Waals surface area contributed by atoms with Crippen LogP contribution >= 0.6 is 0 Å². The predicted octanol–water partition coefficient (Wildman–Crippen LogP) is 2.41. The first-order chi connectivity index (χ1) is 6.47. The van der Waals surface area contributed by atoms with E-state index in [9.17, 15) is 12.9 Å². The topological polar surface area (TPSA) is 3.24 Å². The Balaban J connectivity index is 1.90. The summed E-state index contributed by atoms with van der Waals surface area (Å²) in [5.41, 5.74) is -0.544. The van der Waals surface area contributed by atoms with Gasteiger partial charge in [0, 0.05) is 12.6 Å². The van der Waals surface area contributed by atoms with Gasteiger partial charge in [-0.3, -0.25) is 4.90 Å². The maximum Gasteiger partial charge on any atom is 0.506 e. The van der Waals surface area contributed by atoms with Crippen molar-refractivity contribution in [1.82, 2.24) is 4.90 Å². The molecule has 1 aliphatic carbocycles. The second-order valence-corrected chi connectivity index (χ2v) is 4.50. The molecule has 2 aliphatic rings. The van der Waals surface area contributed by atoms with Gasteiger partial charge in [-0.25, -0.2) is 0 Å². The largest absolute Gasteiger partial charge is 0.506 e. The third kappa shape index (κ3) is 1.83. The van der Waals surface area contributed by atoms with E-state index in [0.29, 0.717) is 12.0 Å². The summed E-state index contributed by atoms with van der Waals surface area (Å²) in [6.07, 6.45) is 3.37. The molecule has 1 heterocycles. The zero-order valence-electron chi connectivity index (χ0n) is 8.06. The Morgan fingerprint density at radius 1 is 1.36 bits per heavy atom. The van der Waals surface area contributed by atoms with Crippen LogP contribution in [0.2, 0.25) is 0 Å². The lowest BCUT2D eigenvalue weighted by atomic mass is 9.80. The quantitative estimate of drug-likeness (QED) is 0.638. The van der Waals surface area contributed by atoms with Gasteiger partial charge >= 0.3 is 6.98 Å². The maximum atomic E-state index is 12.3. The van der Waals surface area contributed by atoms with E-state index in [1.165, 1.54) is 6.42 Å². The number of fused-ring (bicyclic) bond motifs is 2. The molecule has 5 heteroatoms. The fourth-order valence-corrected chi connectivity index (χ4v) is 2.58. The summed E-state index contributed by atoms with van der Waals surface area (Å²) in [6.45, 7) is -0.828. The van der Waals surface area contributed by atoms with Gasteiger partial charge in [0.25, 0.3) is 0 Å². The van der Waals surface area contributed by atoms with Crippen molar-refractivity contribution in [3.63, 3.8) is 0 Å². The standard InChI is InChI=1S/C9H14BF3N/c1-7(10(11,12)13)5-14-6-8-2-3-9(14)4-8/h8-9H,1-6H2/q-1. The van der Waals surface area contributed by atoms with Gasteiger partial charge in [0.2, 0.25) is 0 Å². The number of rotatable bonds is 3. The van der Waals surface area contributed by atoms with E-state index < -0.39 is 12.4 Å². The smallest absolute Gasteiger partial charge is 0.445 e. The normalized spacial score (nSPS) is 32.5. The van der Waals surface area contributed by atoms with Crippen LogP contribution in [0, 0.1) is 5.92 Å². The molecular formula is C9H14BF3N-. The summed E-state index contributed by atoms with van der Waals surface area (Å²) in [7, 11) is 0. The highest BCUT2D eigenvalue weighted by Crippen LogP contribution is 2.38. The van der Waals surface area contributed by atoms with E-state index in [2.05, 4.69) is 6.58 Å². The Morgan fingerprint density at radius 3 is 2.50 bits per heavy atom. The van der Waals surface area contributed by atoms with Gasteiger partial charge in [0.05, 0.1) is 0 Å². The lowest BCUT2D eigenvalue weighted by Crippen LogP contribution is -2.37. The summed E-state index contributed by atoms with van der Waals surface area (Å²) in [5, 5.41) is 0. The van der Waals surface area contributed by atoms with Crippen LogP contribution in [0.1, 0.15) is 19.3 Å². The molecule has 1 aliphatic heterocycles. The number of hydrogen-bond donors (Lipinski definition) is 0. The Labute approximate surface area is 82.0 Å². The molecule has 0 aromatic carbocycles. The highest BCUT2D eigenvalue weighted by atomic mass is 19.4. The second kappa shape index (κ2) is 3.30. The van der Waals surface area contributed by atoms with Gasteiger partial charge in [-0.05, 0) is 31.7 Å². The molecule has 0 amide bonds. The first-order valence-electron chi connectivity index (χ1n) is 5.08. The van der Waals surface area contributed by atoms with Crippen LogP contribution in [-0.2, 0) is 0 Å². The van der Waals surface area contributed by atoms with Crippen LogP contribution in [0.3, 0.4) is 0 Å². The molecule has 2 atom stereocenters. The fourth-order valence-electron chi connectivity index (χ4n) is 2.58. The van der Waals surface area contributed by atoms with E-state index in [4.69, 9.17) is 0 Å². The number of halogens is 3. The Morgan fingerprint density at radius 2 is 2.07 bits per heavy atom. The minimum atomic E-state index is -4.84. The summed E-state index contributed by atoms with van der Waals surface area (Å²) < 4.78 is 36.8. The molecule has 0 radical (unpaired) electrons. The van der Waals surface area contributed by atoms with Gasteiger partial charge in [0.15, 0.2) is 0 Å². The molecule has 2 rings (SSSR count). The maximum absolute atomic E-state index is 12.3. The molecule has 2 bridgehead atoms. The predicted molar refractivity (Wildman–Crippen MR) is 50.9 cm³/mol. The SMILES string of the molecule is C=C(CN1CC2CCC1C2)[B-](F)(F)F. The van der Waals surface area contributed by atoms with Crippen molar-refractivity contribution in [3.8, 4) is 0 Å². The highest BCUT2D eigenvalue weighted by Gasteiger charge is 2.39. The Hall–Kier alpha value is -0.445. The van der Waals surface area contributed by atoms with Crippen LogP contribution in [0.25, 0.3) is 0 Å². The van der Waals surface area contributed by atoms with Crippen molar-refractivity contribution in [2.24, 2.45) is 5.92 Å². The van der Waals surface area contributed by atoms with Gasteiger partial charge < -0.3 is 12.9 Å². The van der Waals surface area contributed by atoms with Crippen molar-refractivity contribution in [1.29, 1.82) is 0 Å². The second-order valence-electron chi connectivity index (χ2n) is 4.50. The van der Waals surface area contributed by atoms with Crippen molar-refractivity contribution in [3.05, 3.63) is 12.1 Å². The van der Waals surface area contributed by atoms with Crippen LogP contribution < -0.4 is 0 Å². The average Bonchev–Trinajstić information content (AvgIpc) is 2.62. The first-order valence-corrected chi connectivity index (χ1v) is 5.08. The molecule has 2 unspecified atom stereocenters. The molecule has 0 aromatic heterocycles. The zero-order chi connectivity index (χ0) is 10.3. The van der Waals surface area contributed by atoms with E-state index in [0.717, 1.165) is 19.4 Å². The summed E-state index contributed by atoms with van der Waals surface area (Å²) >= 11 is 0. The minimum Gasteiger partial charge on any atom is -0.445 e. The minimum absolute atomic E-state index is 0.0324. The summed E-state index contributed by atoms with van der Waals surface area (Å²) in [5.74, 6) is 0.647. The average molecular weight is 204 g/mol. The van der Waals surface area contributed by atoms with Crippen molar-refractivity contribution < 1.29 is 12.9 Å². The van der Waals surface area contributed by atoms with Crippen molar-refractivity contribution >= 4 is 6.98 Å². The molecule has 14 heavy (non-hydrogen) atoms. The number of nitrogens with zero attached hydrogens (tertiary/aromatic N) is 1. The molecule has 0 aromatic rings. The third-order valence-corrected chi connectivity index (χ3v) is 3.39. The Bertz CT molecular complexity index is 251. The van der Waals surface area contributed by atoms with E-state index in [1.54, 1.807) is 0 Å². The lowest BCUT2D eigenvalue weighted by Gasteiger charge is -2.30. The van der Waals surface area contributed by atoms with E-state index in [1.807, 2.05) is 4.90 Å². The van der Waals surface area contributed by atoms with E-state index >= 15 is 0 Å². The highest BCUT2D eigenvalue weighted by molar-refractivity contribution is 6.66. The summed E-state index contributed by atoms with van der Waals surface area (Å²) in [4.78, 5) is 1.95. The molecule has 0 spiro atoms. The number of hydrogen-bond acceptors (Lipinski definition) is 1. The first kappa shape index (κ1) is 10.1. The van der Waals surface area contributed by atoms with Crippen LogP contribution in [-0.4, -0.2) is 31.0 Å². The molecule has 80 valence electrons. The molecule has 1 saturated heterocycles. The fraction of sp³-hybridized carbons (Fsp3) is 0.778. The van der Waals surface area contributed by atoms with Crippen LogP contribution in [0.5, 0.6) is 0 Å². The Kier molecular flexibility index (Phi) is 2.37. The molecular weight excluding hydrogens is 190 g/mol. The van der Waals surface area contributed by atoms with Gasteiger partial charge in [-0.15, -0.1) is 12.1 Å². The molecule has 2 fully saturated rings. The van der Waals surface area contributed by atoms with Gasteiger partial charge in [-0.2, -0.15) is 0 Å². The monoisotopic (exact) mass is 204 g/mol. The molecule has 1 nitrogen and oxygen atoms in total.